The number of likely N-dealkylation sites (tertiary alicyclic amines) is 1. The highest BCUT2D eigenvalue weighted by molar-refractivity contribution is 14.1. The Labute approximate surface area is 129 Å². The molecular formula is C16H22INO. The summed E-state index contributed by atoms with van der Waals surface area (Å²) in [7, 11) is 0. The van der Waals surface area contributed by atoms with Gasteiger partial charge in [0.15, 0.2) is 0 Å². The van der Waals surface area contributed by atoms with Crippen molar-refractivity contribution in [3.05, 3.63) is 39.5 Å². The zero-order valence-electron chi connectivity index (χ0n) is 11.7. The maximum absolute atomic E-state index is 9.93. The van der Waals surface area contributed by atoms with E-state index in [1.165, 1.54) is 14.7 Å². The third kappa shape index (κ3) is 4.58. The molecule has 1 aromatic rings. The Morgan fingerprint density at radius 1 is 1.32 bits per heavy atom. The van der Waals surface area contributed by atoms with Crippen molar-refractivity contribution >= 4 is 28.2 Å². The predicted molar refractivity (Wildman–Crippen MR) is 89.1 cm³/mol. The van der Waals surface area contributed by atoms with E-state index in [9.17, 15) is 5.11 Å². The van der Waals surface area contributed by atoms with Gasteiger partial charge in [0.25, 0.3) is 0 Å². The van der Waals surface area contributed by atoms with Gasteiger partial charge in [-0.25, -0.2) is 0 Å². The SMILES string of the molecule is C/C(=C/CN1CCC(C)(O)CC1)c1ccc(I)cc1. The van der Waals surface area contributed by atoms with Crippen molar-refractivity contribution < 1.29 is 5.11 Å². The van der Waals surface area contributed by atoms with E-state index in [1.54, 1.807) is 0 Å². The molecular weight excluding hydrogens is 349 g/mol. The van der Waals surface area contributed by atoms with Crippen LogP contribution in [0.5, 0.6) is 0 Å². The Balaban J connectivity index is 1.90. The zero-order valence-corrected chi connectivity index (χ0v) is 13.9. The molecule has 1 N–H and O–H groups in total. The number of rotatable bonds is 3. The number of benzene rings is 1. The van der Waals surface area contributed by atoms with E-state index < -0.39 is 5.60 Å². The van der Waals surface area contributed by atoms with Crippen LogP contribution in [0.3, 0.4) is 0 Å². The lowest BCUT2D eigenvalue weighted by Gasteiger charge is -2.35. The lowest BCUT2D eigenvalue weighted by atomic mass is 9.94. The predicted octanol–water partition coefficient (Wildman–Crippen LogP) is 3.54. The normalized spacial score (nSPS) is 20.5. The second-order valence-corrected chi connectivity index (χ2v) is 6.94. The summed E-state index contributed by atoms with van der Waals surface area (Å²) in [6.07, 6.45) is 4.05. The van der Waals surface area contributed by atoms with Crippen molar-refractivity contribution in [3.63, 3.8) is 0 Å². The van der Waals surface area contributed by atoms with Crippen LogP contribution in [0.25, 0.3) is 5.57 Å². The molecule has 1 heterocycles. The number of nitrogens with zero attached hydrogens (tertiary/aromatic N) is 1. The van der Waals surface area contributed by atoms with Crippen LogP contribution < -0.4 is 0 Å². The molecule has 2 rings (SSSR count). The van der Waals surface area contributed by atoms with Gasteiger partial charge in [0, 0.05) is 23.2 Å². The average molecular weight is 371 g/mol. The van der Waals surface area contributed by atoms with Gasteiger partial charge in [0.1, 0.15) is 0 Å². The zero-order chi connectivity index (χ0) is 13.9. The number of piperidine rings is 1. The molecule has 104 valence electrons. The van der Waals surface area contributed by atoms with E-state index >= 15 is 0 Å². The van der Waals surface area contributed by atoms with Crippen LogP contribution in [-0.2, 0) is 0 Å². The quantitative estimate of drug-likeness (QED) is 0.822. The Bertz CT molecular complexity index is 440. The number of hydrogen-bond donors (Lipinski definition) is 1. The Hall–Kier alpha value is -0.390. The lowest BCUT2D eigenvalue weighted by molar-refractivity contribution is -0.00242. The van der Waals surface area contributed by atoms with Crippen molar-refractivity contribution in [2.45, 2.75) is 32.3 Å². The standard InChI is InChI=1S/C16H22INO/c1-13(14-3-5-15(17)6-4-14)7-10-18-11-8-16(2,19)9-12-18/h3-7,19H,8-12H2,1-2H3/b13-7-. The summed E-state index contributed by atoms with van der Waals surface area (Å²) in [5.41, 5.74) is 2.17. The summed E-state index contributed by atoms with van der Waals surface area (Å²) >= 11 is 2.33. The van der Waals surface area contributed by atoms with E-state index in [1.807, 2.05) is 6.92 Å². The summed E-state index contributed by atoms with van der Waals surface area (Å²) in [4.78, 5) is 2.41. The molecule has 0 unspecified atom stereocenters. The molecule has 0 atom stereocenters. The minimum absolute atomic E-state index is 0.453. The van der Waals surface area contributed by atoms with Gasteiger partial charge >= 0.3 is 0 Å². The Morgan fingerprint density at radius 3 is 2.47 bits per heavy atom. The minimum Gasteiger partial charge on any atom is -0.390 e. The molecule has 3 heteroatoms. The maximum Gasteiger partial charge on any atom is 0.0644 e. The van der Waals surface area contributed by atoms with Crippen LogP contribution >= 0.6 is 22.6 Å². The van der Waals surface area contributed by atoms with Gasteiger partial charge in [-0.05, 0) is 72.5 Å². The van der Waals surface area contributed by atoms with E-state index in [2.05, 4.69) is 64.8 Å². The van der Waals surface area contributed by atoms with E-state index in [-0.39, 0.29) is 0 Å². The van der Waals surface area contributed by atoms with E-state index in [4.69, 9.17) is 0 Å². The van der Waals surface area contributed by atoms with Gasteiger partial charge in [-0.3, -0.25) is 4.90 Å². The van der Waals surface area contributed by atoms with Crippen molar-refractivity contribution in [2.75, 3.05) is 19.6 Å². The lowest BCUT2D eigenvalue weighted by Crippen LogP contribution is -2.42. The molecule has 19 heavy (non-hydrogen) atoms. The van der Waals surface area contributed by atoms with Gasteiger partial charge in [-0.2, -0.15) is 0 Å². The van der Waals surface area contributed by atoms with Gasteiger partial charge in [-0.15, -0.1) is 0 Å². The summed E-state index contributed by atoms with van der Waals surface area (Å²) in [6.45, 7) is 7.07. The fourth-order valence-electron chi connectivity index (χ4n) is 2.31. The van der Waals surface area contributed by atoms with Gasteiger partial charge in [0.05, 0.1) is 5.60 Å². The fraction of sp³-hybridized carbons (Fsp3) is 0.500. The number of halogens is 1. The first-order valence-corrected chi connectivity index (χ1v) is 7.92. The highest BCUT2D eigenvalue weighted by Crippen LogP contribution is 2.21. The first-order valence-electron chi connectivity index (χ1n) is 6.84. The van der Waals surface area contributed by atoms with Crippen LogP contribution in [0, 0.1) is 3.57 Å². The molecule has 1 aromatic carbocycles. The molecule has 1 aliphatic heterocycles. The third-order valence-electron chi connectivity index (χ3n) is 3.89. The first-order chi connectivity index (χ1) is 8.96. The molecule has 1 fully saturated rings. The van der Waals surface area contributed by atoms with Crippen molar-refractivity contribution in [1.29, 1.82) is 0 Å². The average Bonchev–Trinajstić information content (AvgIpc) is 2.38. The molecule has 0 spiro atoms. The number of aliphatic hydroxyl groups is 1. The largest absolute Gasteiger partial charge is 0.390 e. The molecule has 0 bridgehead atoms. The molecule has 0 saturated carbocycles. The summed E-state index contributed by atoms with van der Waals surface area (Å²) in [5, 5.41) is 9.93. The minimum atomic E-state index is -0.453. The monoisotopic (exact) mass is 371 g/mol. The Morgan fingerprint density at radius 2 is 1.89 bits per heavy atom. The van der Waals surface area contributed by atoms with Crippen molar-refractivity contribution in [3.8, 4) is 0 Å². The maximum atomic E-state index is 9.93. The fourth-order valence-corrected chi connectivity index (χ4v) is 2.67. The number of hydrogen-bond acceptors (Lipinski definition) is 2. The van der Waals surface area contributed by atoms with E-state index in [0.29, 0.717) is 0 Å². The van der Waals surface area contributed by atoms with Crippen LogP contribution in [0.4, 0.5) is 0 Å². The van der Waals surface area contributed by atoms with Crippen molar-refractivity contribution in [1.82, 2.24) is 4.90 Å². The van der Waals surface area contributed by atoms with Gasteiger partial charge in [0.2, 0.25) is 0 Å². The van der Waals surface area contributed by atoms with Crippen LogP contribution in [-0.4, -0.2) is 35.2 Å². The summed E-state index contributed by atoms with van der Waals surface area (Å²) in [6, 6.07) is 8.64. The Kier molecular flexibility index (Phi) is 5.03. The molecule has 0 amide bonds. The topological polar surface area (TPSA) is 23.5 Å². The molecule has 1 aliphatic rings. The molecule has 2 nitrogen and oxygen atoms in total. The van der Waals surface area contributed by atoms with Gasteiger partial charge in [-0.1, -0.05) is 18.2 Å². The second kappa shape index (κ2) is 6.37. The highest BCUT2D eigenvalue weighted by Gasteiger charge is 2.26. The second-order valence-electron chi connectivity index (χ2n) is 5.69. The van der Waals surface area contributed by atoms with Crippen LogP contribution in [0.15, 0.2) is 30.3 Å². The molecule has 0 radical (unpaired) electrons. The molecule has 0 aliphatic carbocycles. The van der Waals surface area contributed by atoms with Crippen LogP contribution in [0.1, 0.15) is 32.3 Å². The molecule has 1 saturated heterocycles. The highest BCUT2D eigenvalue weighted by atomic mass is 127. The van der Waals surface area contributed by atoms with E-state index in [0.717, 1.165) is 32.5 Å². The summed E-state index contributed by atoms with van der Waals surface area (Å²) < 4.78 is 1.27. The first kappa shape index (κ1) is 15.0. The van der Waals surface area contributed by atoms with Crippen LogP contribution in [0.2, 0.25) is 0 Å². The third-order valence-corrected chi connectivity index (χ3v) is 4.61. The van der Waals surface area contributed by atoms with Gasteiger partial charge < -0.3 is 5.11 Å². The number of allylic oxidation sites excluding steroid dienone is 1. The summed E-state index contributed by atoms with van der Waals surface area (Å²) in [5.74, 6) is 0. The van der Waals surface area contributed by atoms with Crippen molar-refractivity contribution in [2.24, 2.45) is 0 Å². The molecule has 0 aromatic heterocycles. The smallest absolute Gasteiger partial charge is 0.0644 e.